The van der Waals surface area contributed by atoms with E-state index < -0.39 is 0 Å². The van der Waals surface area contributed by atoms with Crippen LogP contribution in [-0.2, 0) is 4.74 Å². The Morgan fingerprint density at radius 1 is 1.18 bits per heavy atom. The van der Waals surface area contributed by atoms with E-state index >= 15 is 0 Å². The minimum atomic E-state index is -0.0122. The molecule has 88 valence electrons. The highest BCUT2D eigenvalue weighted by Gasteiger charge is 2.12. The van der Waals surface area contributed by atoms with Crippen LogP contribution in [0, 0.1) is 0 Å². The molecule has 0 amide bonds. The van der Waals surface area contributed by atoms with E-state index in [1.807, 2.05) is 30.3 Å². The third kappa shape index (κ3) is 2.29. The van der Waals surface area contributed by atoms with Crippen molar-refractivity contribution in [1.29, 1.82) is 0 Å². The van der Waals surface area contributed by atoms with Crippen LogP contribution in [0.25, 0.3) is 10.8 Å². The zero-order valence-electron chi connectivity index (χ0n) is 9.90. The molecule has 0 saturated carbocycles. The van der Waals surface area contributed by atoms with Crippen LogP contribution in [0.5, 0.6) is 5.75 Å². The number of ether oxygens (including phenoxy) is 2. The molecule has 2 aromatic rings. The molecule has 0 aromatic heterocycles. The van der Waals surface area contributed by atoms with Gasteiger partial charge in [-0.1, -0.05) is 30.3 Å². The molecule has 17 heavy (non-hydrogen) atoms. The number of carbonyl (C=O) groups excluding carboxylic acids is 1. The molecule has 0 radical (unpaired) electrons. The van der Waals surface area contributed by atoms with Crippen LogP contribution >= 0.6 is 0 Å². The second-order valence-electron chi connectivity index (χ2n) is 3.77. The van der Waals surface area contributed by atoms with Gasteiger partial charge in [-0.15, -0.1) is 0 Å². The first kappa shape index (κ1) is 11.6. The lowest BCUT2D eigenvalue weighted by Crippen LogP contribution is -2.04. The van der Waals surface area contributed by atoms with Crippen molar-refractivity contribution < 1.29 is 14.3 Å². The Morgan fingerprint density at radius 2 is 1.94 bits per heavy atom. The van der Waals surface area contributed by atoms with Gasteiger partial charge in [-0.2, -0.15) is 0 Å². The third-order valence-corrected chi connectivity index (χ3v) is 2.58. The zero-order valence-corrected chi connectivity index (χ0v) is 9.90. The fourth-order valence-electron chi connectivity index (χ4n) is 1.79. The number of Topliss-reactive ketones (excluding diaryl/α,β-unsaturated/α-hetero) is 1. The molecule has 0 bridgehead atoms. The Kier molecular flexibility index (Phi) is 3.40. The van der Waals surface area contributed by atoms with Crippen molar-refractivity contribution in [3.63, 3.8) is 0 Å². The summed E-state index contributed by atoms with van der Waals surface area (Å²) < 4.78 is 10.4. The molecule has 0 fully saturated rings. The monoisotopic (exact) mass is 230 g/mol. The fourth-order valence-corrected chi connectivity index (χ4v) is 1.79. The molecule has 0 atom stereocenters. The van der Waals surface area contributed by atoms with Gasteiger partial charge in [0.15, 0.2) is 12.6 Å². The molecule has 0 saturated heterocycles. The summed E-state index contributed by atoms with van der Waals surface area (Å²) in [5.41, 5.74) is 0.584. The van der Waals surface area contributed by atoms with Crippen LogP contribution < -0.4 is 4.74 Å². The Balaban J connectivity index is 2.61. The summed E-state index contributed by atoms with van der Waals surface area (Å²) in [5, 5.41) is 1.97. The number of hydrogen-bond donors (Lipinski definition) is 0. The SMILES string of the molecule is COCOc1c(C(C)=O)ccc2ccccc12. The molecule has 0 heterocycles. The van der Waals surface area contributed by atoms with Crippen LogP contribution in [0.4, 0.5) is 0 Å². The summed E-state index contributed by atoms with van der Waals surface area (Å²) in [4.78, 5) is 11.6. The molecule has 3 heteroatoms. The van der Waals surface area contributed by atoms with E-state index in [4.69, 9.17) is 9.47 Å². The van der Waals surface area contributed by atoms with Gasteiger partial charge in [-0.05, 0) is 18.4 Å². The third-order valence-electron chi connectivity index (χ3n) is 2.58. The van der Waals surface area contributed by atoms with E-state index in [2.05, 4.69) is 0 Å². The lowest BCUT2D eigenvalue weighted by molar-refractivity contribution is 0.0514. The van der Waals surface area contributed by atoms with E-state index in [-0.39, 0.29) is 12.6 Å². The fraction of sp³-hybridized carbons (Fsp3) is 0.214. The highest BCUT2D eigenvalue weighted by molar-refractivity contribution is 6.03. The van der Waals surface area contributed by atoms with Gasteiger partial charge in [0.2, 0.25) is 0 Å². The van der Waals surface area contributed by atoms with Crippen molar-refractivity contribution in [2.75, 3.05) is 13.9 Å². The lowest BCUT2D eigenvalue weighted by atomic mass is 10.0. The van der Waals surface area contributed by atoms with E-state index in [0.717, 1.165) is 10.8 Å². The molecule has 0 N–H and O–H groups in total. The molecule has 0 aliphatic carbocycles. The van der Waals surface area contributed by atoms with Crippen molar-refractivity contribution in [1.82, 2.24) is 0 Å². The van der Waals surface area contributed by atoms with Crippen molar-refractivity contribution in [2.45, 2.75) is 6.92 Å². The molecule has 2 aromatic carbocycles. The average molecular weight is 230 g/mol. The van der Waals surface area contributed by atoms with Gasteiger partial charge < -0.3 is 9.47 Å². The molecule has 0 aliphatic heterocycles. The molecule has 0 unspecified atom stereocenters. The van der Waals surface area contributed by atoms with E-state index in [1.54, 1.807) is 13.2 Å². The number of benzene rings is 2. The summed E-state index contributed by atoms with van der Waals surface area (Å²) in [6, 6.07) is 11.5. The van der Waals surface area contributed by atoms with Gasteiger partial charge in [0.1, 0.15) is 5.75 Å². The second-order valence-corrected chi connectivity index (χ2v) is 3.77. The number of ketones is 1. The number of methoxy groups -OCH3 is 1. The van der Waals surface area contributed by atoms with Crippen molar-refractivity contribution in [3.05, 3.63) is 42.0 Å². The summed E-state index contributed by atoms with van der Waals surface area (Å²) >= 11 is 0. The maximum atomic E-state index is 11.6. The van der Waals surface area contributed by atoms with Crippen molar-refractivity contribution in [2.24, 2.45) is 0 Å². The first-order chi connectivity index (χ1) is 8.24. The van der Waals surface area contributed by atoms with Gasteiger partial charge in [0.05, 0.1) is 5.56 Å². The smallest absolute Gasteiger partial charge is 0.188 e. The molecule has 0 spiro atoms. The molecule has 2 rings (SSSR count). The first-order valence-corrected chi connectivity index (χ1v) is 5.38. The number of carbonyl (C=O) groups is 1. The number of rotatable bonds is 4. The average Bonchev–Trinajstić information content (AvgIpc) is 2.35. The predicted octanol–water partition coefficient (Wildman–Crippen LogP) is 3.03. The van der Waals surface area contributed by atoms with Gasteiger partial charge in [0, 0.05) is 12.5 Å². The Hall–Kier alpha value is -1.87. The Morgan fingerprint density at radius 3 is 2.65 bits per heavy atom. The normalized spacial score (nSPS) is 10.5. The standard InChI is InChI=1S/C14H14O3/c1-10(15)12-8-7-11-5-3-4-6-13(11)14(12)17-9-16-2/h3-8H,9H2,1-2H3. The Labute approximate surface area is 100.0 Å². The largest absolute Gasteiger partial charge is 0.466 e. The zero-order chi connectivity index (χ0) is 12.3. The first-order valence-electron chi connectivity index (χ1n) is 5.38. The van der Waals surface area contributed by atoms with Crippen LogP contribution in [0.3, 0.4) is 0 Å². The number of hydrogen-bond acceptors (Lipinski definition) is 3. The lowest BCUT2D eigenvalue weighted by Gasteiger charge is -2.12. The molecular weight excluding hydrogens is 216 g/mol. The minimum Gasteiger partial charge on any atom is -0.466 e. The maximum Gasteiger partial charge on any atom is 0.188 e. The van der Waals surface area contributed by atoms with Crippen LogP contribution in [0.1, 0.15) is 17.3 Å². The van der Waals surface area contributed by atoms with Gasteiger partial charge in [-0.3, -0.25) is 4.79 Å². The van der Waals surface area contributed by atoms with Gasteiger partial charge in [0.25, 0.3) is 0 Å². The quantitative estimate of drug-likeness (QED) is 0.598. The van der Waals surface area contributed by atoms with E-state index in [0.29, 0.717) is 11.3 Å². The second kappa shape index (κ2) is 4.97. The number of fused-ring (bicyclic) bond motifs is 1. The van der Waals surface area contributed by atoms with Crippen LogP contribution in [0.15, 0.2) is 36.4 Å². The summed E-state index contributed by atoms with van der Waals surface area (Å²) in [5.74, 6) is 0.583. The van der Waals surface area contributed by atoms with Crippen LogP contribution in [0.2, 0.25) is 0 Å². The van der Waals surface area contributed by atoms with Crippen molar-refractivity contribution in [3.8, 4) is 5.75 Å². The minimum absolute atomic E-state index is 0.0122. The maximum absolute atomic E-state index is 11.6. The summed E-state index contributed by atoms with van der Waals surface area (Å²) in [7, 11) is 1.55. The molecule has 0 aliphatic rings. The predicted molar refractivity (Wildman–Crippen MR) is 66.5 cm³/mol. The molecule has 3 nitrogen and oxygen atoms in total. The van der Waals surface area contributed by atoms with E-state index in [1.165, 1.54) is 6.92 Å². The topological polar surface area (TPSA) is 35.5 Å². The van der Waals surface area contributed by atoms with Crippen molar-refractivity contribution >= 4 is 16.6 Å². The highest BCUT2D eigenvalue weighted by atomic mass is 16.7. The van der Waals surface area contributed by atoms with E-state index in [9.17, 15) is 4.79 Å². The van der Waals surface area contributed by atoms with Crippen LogP contribution in [-0.4, -0.2) is 19.7 Å². The highest BCUT2D eigenvalue weighted by Crippen LogP contribution is 2.30. The summed E-state index contributed by atoms with van der Waals surface area (Å²) in [6.07, 6.45) is 0. The Bertz CT molecular complexity index is 546. The van der Waals surface area contributed by atoms with Gasteiger partial charge in [-0.25, -0.2) is 0 Å². The molecular formula is C14H14O3. The summed E-state index contributed by atoms with van der Waals surface area (Å²) in [6.45, 7) is 1.66. The van der Waals surface area contributed by atoms with Gasteiger partial charge >= 0.3 is 0 Å².